The van der Waals surface area contributed by atoms with Gasteiger partial charge in [-0.15, -0.1) is 11.3 Å². The van der Waals surface area contributed by atoms with Crippen molar-refractivity contribution < 1.29 is 9.72 Å². The van der Waals surface area contributed by atoms with Gasteiger partial charge in [-0.2, -0.15) is 0 Å². The molecule has 0 aliphatic rings. The molecule has 0 fully saturated rings. The molecular formula is C12H11BrN4O3S. The van der Waals surface area contributed by atoms with E-state index < -0.39 is 4.92 Å². The Kier molecular flexibility index (Phi) is 4.66. The predicted molar refractivity (Wildman–Crippen MR) is 83.5 cm³/mol. The highest BCUT2D eigenvalue weighted by atomic mass is 79.9. The zero-order valence-corrected chi connectivity index (χ0v) is 13.3. The Morgan fingerprint density at radius 3 is 2.81 bits per heavy atom. The lowest BCUT2D eigenvalue weighted by molar-refractivity contribution is -0.385. The summed E-state index contributed by atoms with van der Waals surface area (Å²) in [6.07, 6.45) is 0. The van der Waals surface area contributed by atoms with Gasteiger partial charge in [0.25, 0.3) is 11.6 Å². The molecular weight excluding hydrogens is 360 g/mol. The molecule has 0 bridgehead atoms. The number of amides is 1. The number of nitro groups is 1. The third-order valence-electron chi connectivity index (χ3n) is 2.55. The van der Waals surface area contributed by atoms with Crippen LogP contribution in [0.2, 0.25) is 0 Å². The molecule has 7 nitrogen and oxygen atoms in total. The highest BCUT2D eigenvalue weighted by molar-refractivity contribution is 9.10. The Morgan fingerprint density at radius 2 is 2.29 bits per heavy atom. The number of carbonyl (C=O) groups excluding carboxylic acids is 1. The number of anilines is 1. The molecule has 1 atom stereocenters. The summed E-state index contributed by atoms with van der Waals surface area (Å²) in [4.78, 5) is 26.4. The van der Waals surface area contributed by atoms with Crippen molar-refractivity contribution in [3.8, 4) is 0 Å². The maximum absolute atomic E-state index is 12.0. The zero-order valence-electron chi connectivity index (χ0n) is 10.9. The lowest BCUT2D eigenvalue weighted by Gasteiger charge is -2.04. The molecule has 0 saturated heterocycles. The number of benzene rings is 1. The second-order valence-electron chi connectivity index (χ2n) is 4.24. The smallest absolute Gasteiger partial charge is 0.283 e. The quantitative estimate of drug-likeness (QED) is 0.634. The summed E-state index contributed by atoms with van der Waals surface area (Å²) in [5, 5.41) is 15.6. The molecule has 0 radical (unpaired) electrons. The van der Waals surface area contributed by atoms with E-state index in [1.165, 1.54) is 29.5 Å². The maximum atomic E-state index is 12.0. The van der Waals surface area contributed by atoms with E-state index in [0.717, 1.165) is 0 Å². The normalized spacial score (nSPS) is 12.0. The molecule has 9 heteroatoms. The molecule has 21 heavy (non-hydrogen) atoms. The minimum absolute atomic E-state index is 0.0686. The first-order valence-electron chi connectivity index (χ1n) is 5.84. The minimum atomic E-state index is -0.509. The molecule has 1 heterocycles. The van der Waals surface area contributed by atoms with E-state index in [-0.39, 0.29) is 23.3 Å². The molecule has 1 amide bonds. The third kappa shape index (κ3) is 3.63. The van der Waals surface area contributed by atoms with Crippen molar-refractivity contribution in [2.75, 3.05) is 5.32 Å². The van der Waals surface area contributed by atoms with Crippen LogP contribution in [-0.2, 0) is 0 Å². The lowest BCUT2D eigenvalue weighted by atomic mass is 10.3. The number of hydrogen-bond donors (Lipinski definition) is 2. The number of rotatable bonds is 4. The molecule has 1 aromatic carbocycles. The topological polar surface area (TPSA) is 111 Å². The highest BCUT2D eigenvalue weighted by Crippen LogP contribution is 2.28. The van der Waals surface area contributed by atoms with E-state index >= 15 is 0 Å². The maximum Gasteiger partial charge on any atom is 0.283 e. The van der Waals surface area contributed by atoms with Crippen molar-refractivity contribution in [3.05, 3.63) is 48.9 Å². The van der Waals surface area contributed by atoms with Crippen LogP contribution in [0.15, 0.2) is 28.1 Å². The highest BCUT2D eigenvalue weighted by Gasteiger charge is 2.15. The average Bonchev–Trinajstić information content (AvgIpc) is 2.88. The number of hydrogen-bond acceptors (Lipinski definition) is 6. The molecule has 2 aromatic rings. The Bertz CT molecular complexity index is 702. The molecule has 0 aliphatic heterocycles. The van der Waals surface area contributed by atoms with Gasteiger partial charge in [-0.1, -0.05) is 0 Å². The van der Waals surface area contributed by atoms with Gasteiger partial charge in [0.2, 0.25) is 0 Å². The van der Waals surface area contributed by atoms with E-state index in [2.05, 4.69) is 26.2 Å². The minimum Gasteiger partial charge on any atom is -0.322 e. The molecule has 0 spiro atoms. The number of nitrogens with two attached hydrogens (primary N) is 1. The Morgan fingerprint density at radius 1 is 1.57 bits per heavy atom. The van der Waals surface area contributed by atoms with E-state index in [0.29, 0.717) is 15.2 Å². The SMILES string of the molecule is CC(N)c1nc(C(=O)Nc2ccc([N+](=O)[O-])c(Br)c2)cs1. The van der Waals surface area contributed by atoms with E-state index in [1.54, 1.807) is 12.3 Å². The second-order valence-corrected chi connectivity index (χ2v) is 5.98. The number of carbonyl (C=O) groups is 1. The number of aromatic nitrogens is 1. The largest absolute Gasteiger partial charge is 0.322 e. The van der Waals surface area contributed by atoms with Crippen molar-refractivity contribution in [2.24, 2.45) is 5.73 Å². The van der Waals surface area contributed by atoms with E-state index in [4.69, 9.17) is 5.73 Å². The Hall–Kier alpha value is -1.84. The van der Waals surface area contributed by atoms with Crippen molar-refractivity contribution >= 4 is 44.5 Å². The van der Waals surface area contributed by atoms with Gasteiger partial charge in [-0.3, -0.25) is 14.9 Å². The number of nitro benzene ring substituents is 1. The van der Waals surface area contributed by atoms with Crippen molar-refractivity contribution in [3.63, 3.8) is 0 Å². The van der Waals surface area contributed by atoms with Gasteiger partial charge in [0.15, 0.2) is 0 Å². The number of nitrogens with zero attached hydrogens (tertiary/aromatic N) is 2. The number of halogens is 1. The van der Waals surface area contributed by atoms with E-state index in [9.17, 15) is 14.9 Å². The fraction of sp³-hybridized carbons (Fsp3) is 0.167. The van der Waals surface area contributed by atoms with Crippen LogP contribution < -0.4 is 11.1 Å². The molecule has 0 saturated carbocycles. The van der Waals surface area contributed by atoms with Crippen LogP contribution in [0.1, 0.15) is 28.5 Å². The molecule has 110 valence electrons. The standard InChI is InChI=1S/C12H11BrN4O3S/c1-6(14)12-16-9(5-21-12)11(18)15-7-2-3-10(17(19)20)8(13)4-7/h2-6H,14H2,1H3,(H,15,18). The molecule has 0 aliphatic carbocycles. The summed E-state index contributed by atoms with van der Waals surface area (Å²) in [5.74, 6) is -0.390. The Labute approximate surface area is 132 Å². The van der Waals surface area contributed by atoms with Crippen LogP contribution in [-0.4, -0.2) is 15.8 Å². The summed E-state index contributed by atoms with van der Waals surface area (Å²) in [6, 6.07) is 4.01. The van der Waals surface area contributed by atoms with Crippen molar-refractivity contribution in [1.29, 1.82) is 0 Å². The van der Waals surface area contributed by atoms with Gasteiger partial charge < -0.3 is 11.1 Å². The predicted octanol–water partition coefficient (Wildman–Crippen LogP) is 3.09. The first kappa shape index (κ1) is 15.5. The Balaban J connectivity index is 2.15. The van der Waals surface area contributed by atoms with Gasteiger partial charge >= 0.3 is 0 Å². The molecule has 1 aromatic heterocycles. The first-order valence-corrected chi connectivity index (χ1v) is 7.52. The van der Waals surface area contributed by atoms with Crippen molar-refractivity contribution in [1.82, 2.24) is 4.98 Å². The van der Waals surface area contributed by atoms with Crippen LogP contribution in [0.25, 0.3) is 0 Å². The van der Waals surface area contributed by atoms with E-state index in [1.807, 2.05) is 0 Å². The van der Waals surface area contributed by atoms with Gasteiger partial charge in [-0.25, -0.2) is 4.98 Å². The third-order valence-corrected chi connectivity index (χ3v) is 4.23. The summed E-state index contributed by atoms with van der Waals surface area (Å²) in [7, 11) is 0. The monoisotopic (exact) mass is 370 g/mol. The summed E-state index contributed by atoms with van der Waals surface area (Å²) in [6.45, 7) is 1.79. The van der Waals surface area contributed by atoms with Crippen LogP contribution in [0.5, 0.6) is 0 Å². The second kappa shape index (κ2) is 6.29. The first-order chi connectivity index (χ1) is 9.88. The molecule has 3 N–H and O–H groups in total. The van der Waals surface area contributed by atoms with Crippen molar-refractivity contribution in [2.45, 2.75) is 13.0 Å². The fourth-order valence-corrected chi connectivity index (χ4v) is 2.81. The number of nitrogens with one attached hydrogen (secondary N) is 1. The van der Waals surface area contributed by atoms with Crippen LogP contribution in [0.4, 0.5) is 11.4 Å². The van der Waals surface area contributed by atoms with Gasteiger partial charge in [0.1, 0.15) is 10.7 Å². The molecule has 1 unspecified atom stereocenters. The van der Waals surface area contributed by atoms with Gasteiger partial charge in [0.05, 0.1) is 15.4 Å². The van der Waals surface area contributed by atoms with Crippen LogP contribution >= 0.6 is 27.3 Å². The fourth-order valence-electron chi connectivity index (χ4n) is 1.53. The number of thiazole rings is 1. The van der Waals surface area contributed by atoms with Crippen LogP contribution in [0.3, 0.4) is 0 Å². The summed E-state index contributed by atoms with van der Waals surface area (Å²) in [5.41, 5.74) is 6.33. The average molecular weight is 371 g/mol. The van der Waals surface area contributed by atoms with Gasteiger partial charge in [-0.05, 0) is 35.0 Å². The summed E-state index contributed by atoms with van der Waals surface area (Å²) >= 11 is 4.40. The zero-order chi connectivity index (χ0) is 15.6. The lowest BCUT2D eigenvalue weighted by Crippen LogP contribution is -2.13. The van der Waals surface area contributed by atoms with Gasteiger partial charge in [0, 0.05) is 17.1 Å². The van der Waals surface area contributed by atoms with Crippen LogP contribution in [0, 0.1) is 10.1 Å². The summed E-state index contributed by atoms with van der Waals surface area (Å²) < 4.78 is 0.292. The molecule has 2 rings (SSSR count).